The third kappa shape index (κ3) is 5.08. The van der Waals surface area contributed by atoms with E-state index in [1.807, 2.05) is 0 Å². The van der Waals surface area contributed by atoms with Gasteiger partial charge < -0.3 is 25.5 Å². The van der Waals surface area contributed by atoms with Gasteiger partial charge in [-0.05, 0) is 18.2 Å². The first-order valence-electron chi connectivity index (χ1n) is 5.94. The topological polar surface area (TPSA) is 126 Å². The zero-order valence-electron chi connectivity index (χ0n) is 10.8. The average molecular weight is 339 g/mol. The number of benzene rings is 1. The van der Waals surface area contributed by atoms with Gasteiger partial charge in [0.15, 0.2) is 0 Å². The molecule has 0 bridgehead atoms. The highest BCUT2D eigenvalue weighted by atomic mass is 35.5. The lowest BCUT2D eigenvalue weighted by molar-refractivity contribution is -0.0564. The van der Waals surface area contributed by atoms with Crippen LogP contribution >= 0.6 is 23.2 Å². The molecule has 6 N–H and O–H groups in total. The van der Waals surface area contributed by atoms with E-state index in [0.717, 1.165) is 0 Å². The van der Waals surface area contributed by atoms with Gasteiger partial charge in [-0.15, -0.1) is 0 Å². The first-order chi connectivity index (χ1) is 9.90. The van der Waals surface area contributed by atoms with Crippen LogP contribution < -0.4 is 5.43 Å². The molecule has 1 aromatic rings. The van der Waals surface area contributed by atoms with Crippen LogP contribution in [-0.4, -0.2) is 62.8 Å². The van der Waals surface area contributed by atoms with E-state index in [0.29, 0.717) is 10.7 Å². The minimum Gasteiger partial charge on any atom is -0.394 e. The molecule has 1 rings (SSSR count). The second-order valence-electron chi connectivity index (χ2n) is 4.18. The molecular formula is C12H16Cl2N2O5. The van der Waals surface area contributed by atoms with Crippen LogP contribution in [-0.2, 0) is 0 Å². The smallest absolute Gasteiger partial charge is 0.125 e. The Labute approximate surface area is 131 Å². The van der Waals surface area contributed by atoms with Gasteiger partial charge in [0.2, 0.25) is 0 Å². The largest absolute Gasteiger partial charge is 0.394 e. The minimum absolute atomic E-state index is 0.235. The van der Waals surface area contributed by atoms with Crippen LogP contribution in [0.5, 0.6) is 0 Å². The van der Waals surface area contributed by atoms with Gasteiger partial charge in [-0.3, -0.25) is 5.43 Å². The Balaban J connectivity index is 2.84. The predicted molar refractivity (Wildman–Crippen MR) is 79.7 cm³/mol. The highest BCUT2D eigenvalue weighted by Gasteiger charge is 2.28. The lowest BCUT2D eigenvalue weighted by Crippen LogP contribution is -2.45. The van der Waals surface area contributed by atoms with Crippen molar-refractivity contribution in [2.24, 2.45) is 5.10 Å². The molecule has 0 unspecified atom stereocenters. The number of nitrogens with one attached hydrogen (secondary N) is 1. The lowest BCUT2D eigenvalue weighted by Gasteiger charge is -2.22. The van der Waals surface area contributed by atoms with Crippen LogP contribution in [0.25, 0.3) is 0 Å². The van der Waals surface area contributed by atoms with Gasteiger partial charge >= 0.3 is 0 Å². The molecule has 0 heterocycles. The van der Waals surface area contributed by atoms with Crippen LogP contribution in [0.4, 0.5) is 5.69 Å². The second-order valence-corrected chi connectivity index (χ2v) is 5.03. The number of hydrogen-bond acceptors (Lipinski definition) is 7. The number of rotatable bonds is 7. The molecule has 3 atom stereocenters. The van der Waals surface area contributed by atoms with Crippen molar-refractivity contribution in [1.82, 2.24) is 0 Å². The fourth-order valence-electron chi connectivity index (χ4n) is 1.42. The van der Waals surface area contributed by atoms with E-state index in [2.05, 4.69) is 10.5 Å². The first kappa shape index (κ1) is 18.1. The molecular weight excluding hydrogens is 323 g/mol. The van der Waals surface area contributed by atoms with Gasteiger partial charge in [0.05, 0.1) is 29.6 Å². The number of halogens is 2. The standard InChI is InChI=1S/C12H16Cl2N2O5/c13-6-1-2-8(7(14)3-6)15-16-9(4-17)11(20)12(21)10(19)5-18/h1-3,10-12,15,17-21H,4-5H2/b16-9+/t10-,11-,12-/m1/s1. The van der Waals surface area contributed by atoms with Gasteiger partial charge in [0.1, 0.15) is 18.3 Å². The molecule has 1 aromatic carbocycles. The van der Waals surface area contributed by atoms with Crippen LogP contribution in [0.3, 0.4) is 0 Å². The Morgan fingerprint density at radius 3 is 2.38 bits per heavy atom. The Kier molecular flexibility index (Phi) is 7.33. The average Bonchev–Trinajstić information content (AvgIpc) is 2.47. The van der Waals surface area contributed by atoms with Crippen molar-refractivity contribution in [3.05, 3.63) is 28.2 Å². The summed E-state index contributed by atoms with van der Waals surface area (Å²) >= 11 is 11.6. The summed E-state index contributed by atoms with van der Waals surface area (Å²) in [6.07, 6.45) is -4.91. The van der Waals surface area contributed by atoms with E-state index in [4.69, 9.17) is 33.4 Å². The molecule has 7 nitrogen and oxygen atoms in total. The van der Waals surface area contributed by atoms with Crippen molar-refractivity contribution >= 4 is 34.6 Å². The summed E-state index contributed by atoms with van der Waals surface area (Å²) in [5.41, 5.74) is 2.64. The molecule has 0 radical (unpaired) electrons. The van der Waals surface area contributed by atoms with Crippen molar-refractivity contribution in [2.45, 2.75) is 18.3 Å². The number of anilines is 1. The molecule has 21 heavy (non-hydrogen) atoms. The highest BCUT2D eigenvalue weighted by molar-refractivity contribution is 6.36. The van der Waals surface area contributed by atoms with Crippen molar-refractivity contribution in [2.75, 3.05) is 18.6 Å². The third-order valence-electron chi connectivity index (χ3n) is 2.66. The predicted octanol–water partition coefficient (Wildman–Crippen LogP) is -0.171. The summed E-state index contributed by atoms with van der Waals surface area (Å²) < 4.78 is 0. The van der Waals surface area contributed by atoms with Crippen LogP contribution in [0.1, 0.15) is 0 Å². The van der Waals surface area contributed by atoms with Gasteiger partial charge in [-0.2, -0.15) is 5.10 Å². The number of nitrogens with zero attached hydrogens (tertiary/aromatic N) is 1. The molecule has 9 heteroatoms. The Hall–Kier alpha value is -0.930. The lowest BCUT2D eigenvalue weighted by atomic mass is 10.0. The molecule has 0 spiro atoms. The molecule has 0 saturated heterocycles. The van der Waals surface area contributed by atoms with Crippen LogP contribution in [0, 0.1) is 0 Å². The van der Waals surface area contributed by atoms with Gasteiger partial charge in [-0.1, -0.05) is 23.2 Å². The van der Waals surface area contributed by atoms with Crippen molar-refractivity contribution in [1.29, 1.82) is 0 Å². The quantitative estimate of drug-likeness (QED) is 0.303. The molecule has 0 aliphatic rings. The van der Waals surface area contributed by atoms with Gasteiger partial charge in [0, 0.05) is 5.02 Å². The maximum Gasteiger partial charge on any atom is 0.125 e. The van der Waals surface area contributed by atoms with E-state index in [1.165, 1.54) is 12.1 Å². The van der Waals surface area contributed by atoms with E-state index >= 15 is 0 Å². The molecule has 0 aliphatic heterocycles. The number of aliphatic hydroxyl groups excluding tert-OH is 5. The van der Waals surface area contributed by atoms with Crippen molar-refractivity contribution in [3.8, 4) is 0 Å². The summed E-state index contributed by atoms with van der Waals surface area (Å²) in [5, 5.41) is 50.9. The molecule has 0 aliphatic carbocycles. The minimum atomic E-state index is -1.69. The number of hydrazone groups is 1. The molecule has 0 fully saturated rings. The van der Waals surface area contributed by atoms with Gasteiger partial charge in [0.25, 0.3) is 0 Å². The maximum atomic E-state index is 9.76. The van der Waals surface area contributed by atoms with Crippen molar-refractivity contribution in [3.63, 3.8) is 0 Å². The van der Waals surface area contributed by atoms with Crippen LogP contribution in [0.2, 0.25) is 10.0 Å². The van der Waals surface area contributed by atoms with E-state index < -0.39 is 31.5 Å². The van der Waals surface area contributed by atoms with E-state index in [1.54, 1.807) is 6.07 Å². The zero-order chi connectivity index (χ0) is 16.0. The summed E-state index contributed by atoms with van der Waals surface area (Å²) in [6, 6.07) is 4.57. The Morgan fingerprint density at radius 1 is 1.19 bits per heavy atom. The van der Waals surface area contributed by atoms with E-state index in [9.17, 15) is 15.3 Å². The number of hydrogen-bond donors (Lipinski definition) is 6. The monoisotopic (exact) mass is 338 g/mol. The highest BCUT2D eigenvalue weighted by Crippen LogP contribution is 2.25. The molecule has 0 saturated carbocycles. The summed E-state index contributed by atoms with van der Waals surface area (Å²) in [7, 11) is 0. The Morgan fingerprint density at radius 2 is 1.86 bits per heavy atom. The first-order valence-corrected chi connectivity index (χ1v) is 6.69. The van der Waals surface area contributed by atoms with Crippen molar-refractivity contribution < 1.29 is 25.5 Å². The van der Waals surface area contributed by atoms with Crippen LogP contribution in [0.15, 0.2) is 23.3 Å². The maximum absolute atomic E-state index is 9.76. The second kappa shape index (κ2) is 8.50. The Bertz CT molecular complexity index is 501. The fraction of sp³-hybridized carbons (Fsp3) is 0.417. The molecule has 0 aromatic heterocycles. The SMILES string of the molecule is OC/C(=N\Nc1ccc(Cl)cc1Cl)[C@@H](O)[C@H](O)[C@H](O)CO. The molecule has 0 amide bonds. The van der Waals surface area contributed by atoms with E-state index in [-0.39, 0.29) is 10.7 Å². The van der Waals surface area contributed by atoms with Gasteiger partial charge in [-0.25, -0.2) is 0 Å². The normalized spacial score (nSPS) is 16.4. The number of aliphatic hydroxyl groups is 5. The summed E-state index contributed by atoms with van der Waals surface area (Å²) in [4.78, 5) is 0. The summed E-state index contributed by atoms with van der Waals surface area (Å²) in [6.45, 7) is -1.41. The zero-order valence-corrected chi connectivity index (χ0v) is 12.3. The summed E-state index contributed by atoms with van der Waals surface area (Å²) in [5.74, 6) is 0. The third-order valence-corrected chi connectivity index (χ3v) is 3.21. The fourth-order valence-corrected chi connectivity index (χ4v) is 1.87. The molecule has 118 valence electrons.